The second-order valence-corrected chi connectivity index (χ2v) is 5.50. The summed E-state index contributed by atoms with van der Waals surface area (Å²) in [5.74, 6) is 4.99. The van der Waals surface area contributed by atoms with E-state index >= 15 is 0 Å². The highest BCUT2D eigenvalue weighted by Gasteiger charge is 2.16. The first-order valence-corrected chi connectivity index (χ1v) is 7.43. The summed E-state index contributed by atoms with van der Waals surface area (Å²) >= 11 is 0. The zero-order valence-electron chi connectivity index (χ0n) is 11.8. The lowest BCUT2D eigenvalue weighted by molar-refractivity contribution is -0.121. The van der Waals surface area contributed by atoms with Gasteiger partial charge < -0.3 is 4.90 Å². The number of carbonyl (C=O) groups is 1. The molecule has 0 aliphatic heterocycles. The van der Waals surface area contributed by atoms with Gasteiger partial charge in [-0.2, -0.15) is 0 Å². The maximum absolute atomic E-state index is 10.9. The van der Waals surface area contributed by atoms with E-state index in [0.717, 1.165) is 25.4 Å². The molecule has 0 radical (unpaired) electrons. The van der Waals surface area contributed by atoms with E-state index in [-0.39, 0.29) is 5.91 Å². The average molecular weight is 255 g/mol. The molecule has 0 atom stereocenters. The summed E-state index contributed by atoms with van der Waals surface area (Å²) in [6.45, 7) is 1.16. The van der Waals surface area contributed by atoms with E-state index in [1.165, 1.54) is 44.9 Å². The van der Waals surface area contributed by atoms with E-state index in [1.54, 1.807) is 0 Å². The van der Waals surface area contributed by atoms with Crippen LogP contribution in [0.2, 0.25) is 0 Å². The molecule has 0 aromatic heterocycles. The van der Waals surface area contributed by atoms with E-state index in [2.05, 4.69) is 17.4 Å². The van der Waals surface area contributed by atoms with Gasteiger partial charge in [0.1, 0.15) is 0 Å². The molecule has 0 bridgehead atoms. The molecule has 106 valence electrons. The van der Waals surface area contributed by atoms with Crippen molar-refractivity contribution in [2.75, 3.05) is 13.6 Å². The van der Waals surface area contributed by atoms with Gasteiger partial charge in [0.25, 0.3) is 0 Å². The Morgan fingerprint density at radius 3 is 2.44 bits per heavy atom. The Labute approximate surface area is 111 Å². The summed E-state index contributed by atoms with van der Waals surface area (Å²) < 4.78 is 0. The number of rotatable bonds is 7. The van der Waals surface area contributed by atoms with E-state index in [0.29, 0.717) is 6.42 Å². The summed E-state index contributed by atoms with van der Waals surface area (Å²) in [6, 6.07) is 0.792. The molecule has 1 amide bonds. The molecular formula is C14H29N3O. The van der Waals surface area contributed by atoms with Gasteiger partial charge in [0.2, 0.25) is 5.91 Å². The first-order chi connectivity index (χ1) is 8.74. The fraction of sp³-hybridized carbons (Fsp3) is 0.929. The van der Waals surface area contributed by atoms with Gasteiger partial charge in [-0.3, -0.25) is 10.2 Å². The molecule has 0 unspecified atom stereocenters. The van der Waals surface area contributed by atoms with Crippen LogP contribution in [0, 0.1) is 0 Å². The Bertz CT molecular complexity index is 225. The number of amides is 1. The lowest BCUT2D eigenvalue weighted by Crippen LogP contribution is -2.32. The van der Waals surface area contributed by atoms with Crippen molar-refractivity contribution < 1.29 is 4.79 Å². The zero-order valence-corrected chi connectivity index (χ0v) is 11.8. The lowest BCUT2D eigenvalue weighted by atomic mass is 10.1. The van der Waals surface area contributed by atoms with Crippen molar-refractivity contribution in [1.82, 2.24) is 10.3 Å². The van der Waals surface area contributed by atoms with Gasteiger partial charge in [-0.15, -0.1) is 0 Å². The van der Waals surface area contributed by atoms with Crippen molar-refractivity contribution in [2.24, 2.45) is 5.84 Å². The van der Waals surface area contributed by atoms with E-state index in [4.69, 9.17) is 5.84 Å². The SMILES string of the molecule is CN(CCCCCC(=O)NN)C1CCCCCC1. The molecule has 1 rings (SSSR count). The first-order valence-electron chi connectivity index (χ1n) is 7.43. The van der Waals surface area contributed by atoms with Crippen LogP contribution in [-0.2, 0) is 4.79 Å². The van der Waals surface area contributed by atoms with Crippen molar-refractivity contribution >= 4 is 5.91 Å². The predicted molar refractivity (Wildman–Crippen MR) is 74.9 cm³/mol. The Morgan fingerprint density at radius 2 is 1.83 bits per heavy atom. The predicted octanol–water partition coefficient (Wildman–Crippen LogP) is 2.19. The summed E-state index contributed by atoms with van der Waals surface area (Å²) in [5.41, 5.74) is 2.17. The summed E-state index contributed by atoms with van der Waals surface area (Å²) in [7, 11) is 2.25. The summed E-state index contributed by atoms with van der Waals surface area (Å²) in [5, 5.41) is 0. The normalized spacial score (nSPS) is 17.7. The van der Waals surface area contributed by atoms with Crippen LogP contribution in [0.4, 0.5) is 0 Å². The fourth-order valence-electron chi connectivity index (χ4n) is 2.78. The Hall–Kier alpha value is -0.610. The quantitative estimate of drug-likeness (QED) is 0.241. The van der Waals surface area contributed by atoms with Gasteiger partial charge in [-0.25, -0.2) is 5.84 Å². The van der Waals surface area contributed by atoms with Gasteiger partial charge in [0.05, 0.1) is 0 Å². The molecule has 0 heterocycles. The van der Waals surface area contributed by atoms with Crippen LogP contribution in [0.15, 0.2) is 0 Å². The Morgan fingerprint density at radius 1 is 1.17 bits per heavy atom. The van der Waals surface area contributed by atoms with Crippen LogP contribution in [-0.4, -0.2) is 30.4 Å². The molecular weight excluding hydrogens is 226 g/mol. The van der Waals surface area contributed by atoms with Crippen LogP contribution in [0.25, 0.3) is 0 Å². The van der Waals surface area contributed by atoms with Crippen LogP contribution in [0.3, 0.4) is 0 Å². The number of hydrogen-bond acceptors (Lipinski definition) is 3. The molecule has 0 saturated heterocycles. The molecule has 18 heavy (non-hydrogen) atoms. The molecule has 1 saturated carbocycles. The smallest absolute Gasteiger partial charge is 0.233 e. The largest absolute Gasteiger partial charge is 0.303 e. The lowest BCUT2D eigenvalue weighted by Gasteiger charge is -2.26. The number of nitrogens with two attached hydrogens (primary N) is 1. The minimum atomic E-state index is -0.0490. The third kappa shape index (κ3) is 6.36. The second-order valence-electron chi connectivity index (χ2n) is 5.50. The molecule has 1 fully saturated rings. The van der Waals surface area contributed by atoms with Gasteiger partial charge in [-0.1, -0.05) is 32.1 Å². The Kier molecular flexibility index (Phi) is 8.01. The fourth-order valence-corrected chi connectivity index (χ4v) is 2.78. The molecule has 1 aliphatic carbocycles. The van der Waals surface area contributed by atoms with Crippen molar-refractivity contribution in [1.29, 1.82) is 0 Å². The van der Waals surface area contributed by atoms with Crippen LogP contribution in [0.1, 0.15) is 64.2 Å². The maximum atomic E-state index is 10.9. The number of unbranched alkanes of at least 4 members (excludes halogenated alkanes) is 2. The van der Waals surface area contributed by atoms with E-state index in [1.807, 2.05) is 0 Å². The first kappa shape index (κ1) is 15.4. The molecule has 1 aliphatic rings. The number of hydrazine groups is 1. The molecule has 0 aromatic rings. The number of hydrogen-bond donors (Lipinski definition) is 2. The minimum Gasteiger partial charge on any atom is -0.303 e. The third-order valence-electron chi connectivity index (χ3n) is 4.02. The van der Waals surface area contributed by atoms with E-state index in [9.17, 15) is 4.79 Å². The van der Waals surface area contributed by atoms with Gasteiger partial charge >= 0.3 is 0 Å². The van der Waals surface area contributed by atoms with Gasteiger partial charge in [-0.05, 0) is 39.3 Å². The molecule has 4 nitrogen and oxygen atoms in total. The van der Waals surface area contributed by atoms with Gasteiger partial charge in [0.15, 0.2) is 0 Å². The van der Waals surface area contributed by atoms with Crippen molar-refractivity contribution in [3.05, 3.63) is 0 Å². The standard InChI is InChI=1S/C14H29N3O/c1-17(13-9-5-2-3-6-10-13)12-8-4-7-11-14(18)16-15/h13H,2-12,15H2,1H3,(H,16,18). The highest BCUT2D eigenvalue weighted by Crippen LogP contribution is 2.21. The number of nitrogens with zero attached hydrogens (tertiary/aromatic N) is 1. The minimum absolute atomic E-state index is 0.0490. The van der Waals surface area contributed by atoms with Crippen LogP contribution >= 0.6 is 0 Å². The topological polar surface area (TPSA) is 58.4 Å². The van der Waals surface area contributed by atoms with Crippen LogP contribution < -0.4 is 11.3 Å². The van der Waals surface area contributed by atoms with Gasteiger partial charge in [0, 0.05) is 12.5 Å². The van der Waals surface area contributed by atoms with E-state index < -0.39 is 0 Å². The summed E-state index contributed by atoms with van der Waals surface area (Å²) in [6.07, 6.45) is 12.2. The second kappa shape index (κ2) is 9.34. The molecule has 4 heteroatoms. The highest BCUT2D eigenvalue weighted by atomic mass is 16.2. The maximum Gasteiger partial charge on any atom is 0.233 e. The highest BCUT2D eigenvalue weighted by molar-refractivity contribution is 5.74. The Balaban J connectivity index is 2.05. The summed E-state index contributed by atoms with van der Waals surface area (Å²) in [4.78, 5) is 13.5. The number of nitrogens with one attached hydrogen (secondary N) is 1. The molecule has 0 aromatic carbocycles. The monoisotopic (exact) mass is 255 g/mol. The third-order valence-corrected chi connectivity index (χ3v) is 4.02. The molecule has 0 spiro atoms. The number of carbonyl (C=O) groups excluding carboxylic acids is 1. The van der Waals surface area contributed by atoms with Crippen LogP contribution in [0.5, 0.6) is 0 Å². The zero-order chi connectivity index (χ0) is 13.2. The van der Waals surface area contributed by atoms with Crippen molar-refractivity contribution in [3.8, 4) is 0 Å². The molecule has 3 N–H and O–H groups in total. The van der Waals surface area contributed by atoms with Crippen molar-refractivity contribution in [3.63, 3.8) is 0 Å². The average Bonchev–Trinajstić information content (AvgIpc) is 2.66. The van der Waals surface area contributed by atoms with Crippen molar-refractivity contribution in [2.45, 2.75) is 70.3 Å².